The first-order valence-electron chi connectivity index (χ1n) is 10.7. The van der Waals surface area contributed by atoms with E-state index in [0.29, 0.717) is 0 Å². The SMILES string of the molecule is [CH2-]C(C)(C)c1ccccc1.[CH2-]C(C)(C)c1ccccc1.[CH2-]C(C)(C)c1ccccc1.[Cl][Ti+3]. The molecule has 0 atom stereocenters. The van der Waals surface area contributed by atoms with Crippen LogP contribution in [0.1, 0.15) is 58.2 Å². The van der Waals surface area contributed by atoms with Crippen molar-refractivity contribution in [3.05, 3.63) is 128 Å². The first kappa shape index (κ1) is 30.7. The number of benzene rings is 3. The van der Waals surface area contributed by atoms with E-state index in [9.17, 15) is 0 Å². The van der Waals surface area contributed by atoms with Gasteiger partial charge >= 0.3 is 28.7 Å². The molecule has 0 amide bonds. The van der Waals surface area contributed by atoms with Crippen molar-refractivity contribution in [3.63, 3.8) is 0 Å². The second kappa shape index (κ2) is 14.7. The Labute approximate surface area is 214 Å². The van der Waals surface area contributed by atoms with Crippen LogP contribution in [0.5, 0.6) is 0 Å². The first-order valence-corrected chi connectivity index (χ1v) is 12.9. The summed E-state index contributed by atoms with van der Waals surface area (Å²) in [6.45, 7) is 24.8. The molecule has 2 heteroatoms. The van der Waals surface area contributed by atoms with Gasteiger partial charge in [0.05, 0.1) is 0 Å². The van der Waals surface area contributed by atoms with Crippen LogP contribution in [0.15, 0.2) is 91.0 Å². The zero-order chi connectivity index (χ0) is 24.8. The van der Waals surface area contributed by atoms with Crippen LogP contribution in [0.2, 0.25) is 0 Å². The van der Waals surface area contributed by atoms with E-state index in [0.717, 1.165) is 0 Å². The Morgan fingerprint density at radius 2 is 0.594 bits per heavy atom. The molecule has 0 saturated carbocycles. The van der Waals surface area contributed by atoms with Gasteiger partial charge in [-0.2, -0.15) is 0 Å². The van der Waals surface area contributed by atoms with Gasteiger partial charge in [-0.3, -0.25) is 0 Å². The van der Waals surface area contributed by atoms with Gasteiger partial charge in [0, 0.05) is 0 Å². The molecule has 0 aliphatic rings. The van der Waals surface area contributed by atoms with Gasteiger partial charge in [0.15, 0.2) is 0 Å². The van der Waals surface area contributed by atoms with Crippen molar-refractivity contribution in [3.8, 4) is 0 Å². The third-order valence-electron chi connectivity index (χ3n) is 4.67. The fourth-order valence-corrected chi connectivity index (χ4v) is 2.67. The molecule has 0 heterocycles. The predicted octanol–water partition coefficient (Wildman–Crippen LogP) is 9.08. The maximum absolute atomic E-state index is 4.64. The molecule has 0 nitrogen and oxygen atoms in total. The maximum atomic E-state index is 4.64. The molecule has 0 aromatic heterocycles. The summed E-state index contributed by atoms with van der Waals surface area (Å²) in [6, 6.07) is 31.0. The Morgan fingerprint density at radius 1 is 0.438 bits per heavy atom. The van der Waals surface area contributed by atoms with Crippen molar-refractivity contribution in [2.75, 3.05) is 0 Å². The van der Waals surface area contributed by atoms with Crippen LogP contribution in [0.25, 0.3) is 0 Å². The van der Waals surface area contributed by atoms with Crippen molar-refractivity contribution in [1.82, 2.24) is 0 Å². The molecule has 32 heavy (non-hydrogen) atoms. The van der Waals surface area contributed by atoms with Crippen LogP contribution in [0.3, 0.4) is 0 Å². The van der Waals surface area contributed by atoms with Crippen LogP contribution in [-0.2, 0) is 35.6 Å². The minimum absolute atomic E-state index is 0.0429. The zero-order valence-electron chi connectivity index (χ0n) is 20.7. The third kappa shape index (κ3) is 13.3. The predicted molar refractivity (Wildman–Crippen MR) is 140 cm³/mol. The summed E-state index contributed by atoms with van der Waals surface area (Å²) in [5, 5.41) is 0. The number of rotatable bonds is 3. The van der Waals surface area contributed by atoms with Gasteiger partial charge in [-0.05, 0) is 0 Å². The number of halogens is 1. The molecular formula is C30H39ClTi. The van der Waals surface area contributed by atoms with E-state index in [-0.39, 0.29) is 16.2 Å². The molecule has 0 N–H and O–H groups in total. The van der Waals surface area contributed by atoms with Crippen molar-refractivity contribution in [2.45, 2.75) is 57.8 Å². The Balaban J connectivity index is 0.000000433. The molecule has 170 valence electrons. The molecule has 0 aliphatic heterocycles. The van der Waals surface area contributed by atoms with Crippen LogP contribution in [0, 0.1) is 20.8 Å². The standard InChI is InChI=1S/3C10H13.ClH.Ti/c3*1-10(2,3)9-7-5-4-6-8-9;;/h3*4-8H,1H2,2-3H3;1H;/q3*-1;;+4/p-1. The molecule has 0 saturated heterocycles. The van der Waals surface area contributed by atoms with Gasteiger partial charge in [-0.1, -0.05) is 149 Å². The topological polar surface area (TPSA) is 0 Å². The van der Waals surface area contributed by atoms with Crippen LogP contribution in [-0.4, -0.2) is 0 Å². The van der Waals surface area contributed by atoms with Gasteiger partial charge < -0.3 is 20.8 Å². The van der Waals surface area contributed by atoms with E-state index in [1.54, 1.807) is 0 Å². The molecule has 3 rings (SSSR count). The van der Waals surface area contributed by atoms with E-state index in [2.05, 4.69) is 108 Å². The van der Waals surface area contributed by atoms with E-state index < -0.39 is 0 Å². The molecule has 3 aromatic carbocycles. The zero-order valence-corrected chi connectivity index (χ0v) is 23.0. The molecule has 0 unspecified atom stereocenters. The van der Waals surface area contributed by atoms with Gasteiger partial charge in [-0.25, -0.2) is 0 Å². The van der Waals surface area contributed by atoms with Crippen molar-refractivity contribution < 1.29 is 19.4 Å². The fraction of sp³-hybridized carbons (Fsp3) is 0.300. The summed E-state index contributed by atoms with van der Waals surface area (Å²) in [6.07, 6.45) is 0. The second-order valence-electron chi connectivity index (χ2n) is 9.75. The second-order valence-corrected chi connectivity index (χ2v) is 9.75. The monoisotopic (exact) mass is 482 g/mol. The molecule has 0 bridgehead atoms. The fourth-order valence-electron chi connectivity index (χ4n) is 2.67. The Bertz CT molecular complexity index is 704. The molecular weight excluding hydrogens is 444 g/mol. The number of hydrogen-bond donors (Lipinski definition) is 0. The molecule has 3 aromatic rings. The van der Waals surface area contributed by atoms with Crippen molar-refractivity contribution in [1.29, 1.82) is 0 Å². The summed E-state index contributed by atoms with van der Waals surface area (Å²) in [5.74, 6) is 0. The first-order chi connectivity index (χ1) is 14.8. The summed E-state index contributed by atoms with van der Waals surface area (Å²) >= 11 is 1.47. The van der Waals surface area contributed by atoms with E-state index >= 15 is 0 Å². The third-order valence-corrected chi connectivity index (χ3v) is 4.67. The van der Waals surface area contributed by atoms with E-state index in [1.165, 1.54) is 36.1 Å². The Hall–Kier alpha value is -1.34. The normalized spacial score (nSPS) is 11.0. The van der Waals surface area contributed by atoms with E-state index in [4.69, 9.17) is 0 Å². The molecule has 0 spiro atoms. The van der Waals surface area contributed by atoms with Crippen molar-refractivity contribution in [2.24, 2.45) is 0 Å². The van der Waals surface area contributed by atoms with Gasteiger partial charge in [0.25, 0.3) is 0 Å². The molecule has 0 fully saturated rings. The summed E-state index contributed by atoms with van der Waals surface area (Å²) in [4.78, 5) is 0. The van der Waals surface area contributed by atoms with E-state index in [1.807, 2.05) is 54.6 Å². The molecule has 0 radical (unpaired) electrons. The van der Waals surface area contributed by atoms with Gasteiger partial charge in [0.1, 0.15) is 0 Å². The van der Waals surface area contributed by atoms with Crippen molar-refractivity contribution >= 4 is 9.30 Å². The van der Waals surface area contributed by atoms with Crippen LogP contribution in [0.4, 0.5) is 0 Å². The average molecular weight is 483 g/mol. The minimum atomic E-state index is 0.0429. The summed E-state index contributed by atoms with van der Waals surface area (Å²) < 4.78 is 0. The van der Waals surface area contributed by atoms with Crippen LogP contribution < -0.4 is 0 Å². The number of hydrogen-bond acceptors (Lipinski definition) is 0. The Kier molecular flexibility index (Phi) is 14.1. The van der Waals surface area contributed by atoms with Crippen LogP contribution >= 0.6 is 9.30 Å². The summed E-state index contributed by atoms with van der Waals surface area (Å²) in [7, 11) is 4.64. The molecule has 0 aliphatic carbocycles. The summed E-state index contributed by atoms with van der Waals surface area (Å²) in [5.41, 5.74) is 3.99. The van der Waals surface area contributed by atoms with Gasteiger partial charge in [0.2, 0.25) is 0 Å². The average Bonchev–Trinajstić information content (AvgIpc) is 2.76. The Morgan fingerprint density at radius 3 is 0.688 bits per heavy atom. The quantitative estimate of drug-likeness (QED) is 0.258. The van der Waals surface area contributed by atoms with Gasteiger partial charge in [-0.15, -0.1) is 16.2 Å².